The lowest BCUT2D eigenvalue weighted by molar-refractivity contribution is -0.115. The lowest BCUT2D eigenvalue weighted by atomic mass is 10.1. The summed E-state index contributed by atoms with van der Waals surface area (Å²) < 4.78 is 0. The van der Waals surface area contributed by atoms with Gasteiger partial charge in [0, 0.05) is 10.9 Å². The minimum atomic E-state index is -0.180. The van der Waals surface area contributed by atoms with Gasteiger partial charge in [-0.1, -0.05) is 18.2 Å². The fraction of sp³-hybridized carbons (Fsp3) is 0.167. The number of aromatic hydroxyl groups is 1. The van der Waals surface area contributed by atoms with Gasteiger partial charge >= 0.3 is 0 Å². The van der Waals surface area contributed by atoms with E-state index in [0.29, 0.717) is 10.7 Å². The van der Waals surface area contributed by atoms with E-state index in [-0.39, 0.29) is 18.1 Å². The molecular weight excluding hydrogens is 236 g/mol. The molecule has 1 heterocycles. The summed E-state index contributed by atoms with van der Waals surface area (Å²) in [6, 6.07) is 6.80. The van der Waals surface area contributed by atoms with Crippen LogP contribution in [0.4, 0.5) is 5.13 Å². The highest BCUT2D eigenvalue weighted by atomic mass is 32.1. The highest BCUT2D eigenvalue weighted by Crippen LogP contribution is 2.18. The number of nitrogens with zero attached hydrogens (tertiary/aromatic N) is 1. The molecule has 2 N–H and O–H groups in total. The Labute approximate surface area is 103 Å². The van der Waals surface area contributed by atoms with Crippen LogP contribution in [0, 0.1) is 6.92 Å². The molecule has 2 aromatic rings. The first-order valence-electron chi connectivity index (χ1n) is 5.14. The summed E-state index contributed by atoms with van der Waals surface area (Å²) in [7, 11) is 0. The van der Waals surface area contributed by atoms with Crippen LogP contribution in [0.5, 0.6) is 5.75 Å². The minimum absolute atomic E-state index is 0.137. The van der Waals surface area contributed by atoms with Gasteiger partial charge in [0.25, 0.3) is 0 Å². The highest BCUT2D eigenvalue weighted by Gasteiger charge is 2.08. The summed E-state index contributed by atoms with van der Waals surface area (Å²) in [5.41, 5.74) is 1.49. The second kappa shape index (κ2) is 4.97. The zero-order chi connectivity index (χ0) is 12.3. The molecule has 5 heteroatoms. The molecule has 1 aromatic carbocycles. The fourth-order valence-corrected chi connectivity index (χ4v) is 2.11. The Morgan fingerprint density at radius 1 is 1.47 bits per heavy atom. The van der Waals surface area contributed by atoms with Crippen LogP contribution in [-0.2, 0) is 11.2 Å². The van der Waals surface area contributed by atoms with Crippen molar-refractivity contribution in [2.24, 2.45) is 0 Å². The molecule has 1 aromatic heterocycles. The summed E-state index contributed by atoms with van der Waals surface area (Å²) in [5.74, 6) is -0.0428. The van der Waals surface area contributed by atoms with Crippen molar-refractivity contribution in [3.63, 3.8) is 0 Å². The Hall–Kier alpha value is -1.88. The SMILES string of the molecule is Cc1csc(NC(=O)Cc2ccccc2O)n1. The van der Waals surface area contributed by atoms with E-state index in [2.05, 4.69) is 10.3 Å². The molecule has 0 aliphatic carbocycles. The molecule has 0 bridgehead atoms. The number of carbonyl (C=O) groups is 1. The molecule has 0 saturated heterocycles. The van der Waals surface area contributed by atoms with Crippen LogP contribution in [0.15, 0.2) is 29.6 Å². The van der Waals surface area contributed by atoms with Gasteiger partial charge in [-0.15, -0.1) is 11.3 Å². The maximum absolute atomic E-state index is 11.7. The van der Waals surface area contributed by atoms with E-state index in [1.165, 1.54) is 11.3 Å². The molecule has 0 aliphatic heterocycles. The number of hydrogen-bond acceptors (Lipinski definition) is 4. The van der Waals surface area contributed by atoms with Crippen molar-refractivity contribution in [2.75, 3.05) is 5.32 Å². The summed E-state index contributed by atoms with van der Waals surface area (Å²) in [6.07, 6.45) is 0.144. The number of amides is 1. The van der Waals surface area contributed by atoms with Crippen LogP contribution >= 0.6 is 11.3 Å². The number of aromatic nitrogens is 1. The maximum Gasteiger partial charge on any atom is 0.230 e. The van der Waals surface area contributed by atoms with Crippen molar-refractivity contribution in [2.45, 2.75) is 13.3 Å². The lowest BCUT2D eigenvalue weighted by Gasteiger charge is -2.03. The van der Waals surface area contributed by atoms with Gasteiger partial charge < -0.3 is 10.4 Å². The Morgan fingerprint density at radius 2 is 2.24 bits per heavy atom. The van der Waals surface area contributed by atoms with Crippen molar-refractivity contribution in [1.29, 1.82) is 0 Å². The smallest absolute Gasteiger partial charge is 0.230 e. The Balaban J connectivity index is 2.01. The van der Waals surface area contributed by atoms with Crippen LogP contribution in [0.2, 0.25) is 0 Å². The van der Waals surface area contributed by atoms with E-state index in [1.807, 2.05) is 12.3 Å². The molecule has 0 fully saturated rings. The first kappa shape index (κ1) is 11.6. The standard InChI is InChI=1S/C12H12N2O2S/c1-8-7-17-12(13-8)14-11(16)6-9-4-2-3-5-10(9)15/h2-5,7,15H,6H2,1H3,(H,13,14,16). The molecule has 1 amide bonds. The average molecular weight is 248 g/mol. The number of thiazole rings is 1. The number of hydrogen-bond donors (Lipinski definition) is 2. The Kier molecular flexibility index (Phi) is 3.39. The largest absolute Gasteiger partial charge is 0.508 e. The molecule has 0 atom stereocenters. The van der Waals surface area contributed by atoms with Crippen LogP contribution in [0.3, 0.4) is 0 Å². The molecule has 88 valence electrons. The van der Waals surface area contributed by atoms with Crippen molar-refractivity contribution in [3.8, 4) is 5.75 Å². The van der Waals surface area contributed by atoms with Crippen molar-refractivity contribution in [3.05, 3.63) is 40.9 Å². The molecule has 17 heavy (non-hydrogen) atoms. The third-order valence-electron chi connectivity index (χ3n) is 2.21. The van der Waals surface area contributed by atoms with Gasteiger partial charge in [0.1, 0.15) is 5.75 Å². The number of nitrogens with one attached hydrogen (secondary N) is 1. The number of rotatable bonds is 3. The summed E-state index contributed by atoms with van der Waals surface area (Å²) in [4.78, 5) is 15.8. The number of carbonyl (C=O) groups excluding carboxylic acids is 1. The third-order valence-corrected chi connectivity index (χ3v) is 3.08. The second-order valence-electron chi connectivity index (χ2n) is 3.65. The third kappa shape index (κ3) is 3.04. The highest BCUT2D eigenvalue weighted by molar-refractivity contribution is 7.13. The average Bonchev–Trinajstić information content (AvgIpc) is 2.67. The Morgan fingerprint density at radius 3 is 2.88 bits per heavy atom. The van der Waals surface area contributed by atoms with E-state index < -0.39 is 0 Å². The maximum atomic E-state index is 11.7. The van der Waals surface area contributed by atoms with Gasteiger partial charge in [0.2, 0.25) is 5.91 Å². The summed E-state index contributed by atoms with van der Waals surface area (Å²) in [5, 5.41) is 14.7. The molecular formula is C12H12N2O2S. The monoisotopic (exact) mass is 248 g/mol. The topological polar surface area (TPSA) is 62.2 Å². The number of anilines is 1. The zero-order valence-electron chi connectivity index (χ0n) is 9.30. The van der Waals surface area contributed by atoms with E-state index in [0.717, 1.165) is 5.69 Å². The lowest BCUT2D eigenvalue weighted by Crippen LogP contribution is -2.14. The van der Waals surface area contributed by atoms with Gasteiger partial charge in [0.15, 0.2) is 5.13 Å². The first-order valence-corrected chi connectivity index (χ1v) is 6.02. The normalized spacial score (nSPS) is 10.2. The number of aryl methyl sites for hydroxylation is 1. The van der Waals surface area contributed by atoms with E-state index >= 15 is 0 Å². The van der Waals surface area contributed by atoms with Crippen LogP contribution in [0.1, 0.15) is 11.3 Å². The fourth-order valence-electron chi connectivity index (χ4n) is 1.41. The molecule has 0 radical (unpaired) electrons. The zero-order valence-corrected chi connectivity index (χ0v) is 10.1. The molecule has 2 rings (SSSR count). The second-order valence-corrected chi connectivity index (χ2v) is 4.51. The van der Waals surface area contributed by atoms with Crippen LogP contribution in [-0.4, -0.2) is 16.0 Å². The molecule has 0 aliphatic rings. The van der Waals surface area contributed by atoms with Crippen molar-refractivity contribution in [1.82, 2.24) is 4.98 Å². The van der Waals surface area contributed by atoms with Crippen molar-refractivity contribution < 1.29 is 9.90 Å². The summed E-state index contributed by atoms with van der Waals surface area (Å²) in [6.45, 7) is 1.87. The molecule has 0 unspecified atom stereocenters. The predicted molar refractivity (Wildman–Crippen MR) is 67.3 cm³/mol. The van der Waals surface area contributed by atoms with E-state index in [1.54, 1.807) is 24.3 Å². The van der Waals surface area contributed by atoms with Crippen molar-refractivity contribution >= 4 is 22.4 Å². The number of benzene rings is 1. The van der Waals surface area contributed by atoms with Crippen LogP contribution in [0.25, 0.3) is 0 Å². The minimum Gasteiger partial charge on any atom is -0.508 e. The van der Waals surface area contributed by atoms with Gasteiger partial charge in [-0.2, -0.15) is 0 Å². The van der Waals surface area contributed by atoms with Gasteiger partial charge in [-0.3, -0.25) is 4.79 Å². The summed E-state index contributed by atoms with van der Waals surface area (Å²) >= 11 is 1.39. The molecule has 4 nitrogen and oxygen atoms in total. The molecule has 0 saturated carbocycles. The van der Waals surface area contributed by atoms with Crippen LogP contribution < -0.4 is 5.32 Å². The van der Waals surface area contributed by atoms with E-state index in [9.17, 15) is 9.90 Å². The predicted octanol–water partition coefficient (Wildman–Crippen LogP) is 2.34. The number of phenols is 1. The van der Waals surface area contributed by atoms with E-state index in [4.69, 9.17) is 0 Å². The Bertz CT molecular complexity index is 537. The number of para-hydroxylation sites is 1. The first-order chi connectivity index (χ1) is 8.15. The quantitative estimate of drug-likeness (QED) is 0.876. The van der Waals surface area contributed by atoms with Gasteiger partial charge in [0.05, 0.1) is 12.1 Å². The molecule has 0 spiro atoms. The van der Waals surface area contributed by atoms with Gasteiger partial charge in [-0.25, -0.2) is 4.98 Å². The van der Waals surface area contributed by atoms with Gasteiger partial charge in [-0.05, 0) is 13.0 Å². The number of phenolic OH excluding ortho intramolecular Hbond substituents is 1.